The van der Waals surface area contributed by atoms with Gasteiger partial charge in [-0.3, -0.25) is 4.79 Å². The molecule has 0 heterocycles. The molecule has 0 aliphatic carbocycles. The number of ether oxygens (including phenoxy) is 3. The lowest BCUT2D eigenvalue weighted by Gasteiger charge is -2.12. The number of nitrogens with zero attached hydrogens (tertiary/aromatic N) is 1. The molecule has 1 amide bonds. The van der Waals surface area contributed by atoms with E-state index in [0.29, 0.717) is 23.9 Å². The van der Waals surface area contributed by atoms with Crippen molar-refractivity contribution in [1.29, 1.82) is 0 Å². The zero-order valence-corrected chi connectivity index (χ0v) is 20.4. The van der Waals surface area contributed by atoms with Crippen LogP contribution >= 0.6 is 0 Å². The number of hydrogen-bond acceptors (Lipinski definition) is 5. The third-order valence-corrected chi connectivity index (χ3v) is 5.94. The first-order valence-corrected chi connectivity index (χ1v) is 11.9. The number of carbonyl (C=O) groups excluding carboxylic acids is 1. The van der Waals surface area contributed by atoms with E-state index in [-0.39, 0.29) is 12.5 Å². The Labute approximate surface area is 215 Å². The van der Waals surface area contributed by atoms with Crippen LogP contribution in [-0.4, -0.2) is 25.8 Å². The van der Waals surface area contributed by atoms with Crippen LogP contribution in [0.4, 0.5) is 0 Å². The number of hydrazone groups is 1. The quantitative estimate of drug-likeness (QED) is 0.200. The Bertz CT molecular complexity index is 1570. The zero-order chi connectivity index (χ0) is 25.5. The maximum Gasteiger partial charge on any atom is 0.277 e. The summed E-state index contributed by atoms with van der Waals surface area (Å²) in [5.74, 6) is 1.48. The summed E-state index contributed by atoms with van der Waals surface area (Å²) in [5.41, 5.74) is 4.34. The molecule has 37 heavy (non-hydrogen) atoms. The van der Waals surface area contributed by atoms with Crippen molar-refractivity contribution in [2.45, 2.75) is 6.61 Å². The molecule has 184 valence electrons. The molecule has 1 N–H and O–H groups in total. The lowest BCUT2D eigenvalue weighted by molar-refractivity contribution is -0.123. The summed E-state index contributed by atoms with van der Waals surface area (Å²) in [5, 5.41) is 8.54. The number of hydrogen-bond donors (Lipinski definition) is 1. The van der Waals surface area contributed by atoms with Gasteiger partial charge < -0.3 is 14.2 Å². The molecule has 5 aromatic carbocycles. The van der Waals surface area contributed by atoms with Crippen LogP contribution in [0.1, 0.15) is 11.1 Å². The average Bonchev–Trinajstić information content (AvgIpc) is 2.95. The van der Waals surface area contributed by atoms with Crippen LogP contribution < -0.4 is 19.6 Å². The van der Waals surface area contributed by atoms with Crippen molar-refractivity contribution < 1.29 is 19.0 Å². The fourth-order valence-corrected chi connectivity index (χ4v) is 4.07. The van der Waals surface area contributed by atoms with E-state index in [4.69, 9.17) is 14.2 Å². The van der Waals surface area contributed by atoms with Crippen molar-refractivity contribution in [3.05, 3.63) is 114 Å². The first-order valence-electron chi connectivity index (χ1n) is 11.9. The fourth-order valence-electron chi connectivity index (χ4n) is 4.07. The molecule has 0 unspecified atom stereocenters. The molecule has 6 nitrogen and oxygen atoms in total. The van der Waals surface area contributed by atoms with Gasteiger partial charge in [-0.15, -0.1) is 0 Å². The predicted molar refractivity (Wildman–Crippen MR) is 146 cm³/mol. The molecule has 0 radical (unpaired) electrons. The van der Waals surface area contributed by atoms with E-state index in [1.54, 1.807) is 19.4 Å². The second-order valence-corrected chi connectivity index (χ2v) is 8.43. The van der Waals surface area contributed by atoms with E-state index < -0.39 is 0 Å². The molecule has 0 bridgehead atoms. The summed E-state index contributed by atoms with van der Waals surface area (Å²) in [4.78, 5) is 12.2. The standard InChI is InChI=1S/C31H26N2O4/c1-35-30-17-22(13-16-29(30)37-20-26-11-6-10-24-8-4-5-12-28(24)26)19-32-33-31(34)21-36-27-15-14-23-7-2-3-9-25(23)18-27/h2-19H,20-21H2,1H3,(H,33,34)/b32-19-. The minimum atomic E-state index is -0.355. The molecule has 6 heteroatoms. The van der Waals surface area contributed by atoms with Crippen molar-refractivity contribution in [3.8, 4) is 17.2 Å². The minimum Gasteiger partial charge on any atom is -0.493 e. The third kappa shape index (κ3) is 5.87. The largest absolute Gasteiger partial charge is 0.493 e. The van der Waals surface area contributed by atoms with E-state index in [1.165, 1.54) is 5.39 Å². The van der Waals surface area contributed by atoms with E-state index in [1.807, 2.05) is 72.8 Å². The molecule has 0 aromatic heterocycles. The molecular formula is C31H26N2O4. The number of amides is 1. The van der Waals surface area contributed by atoms with Crippen molar-refractivity contribution >= 4 is 33.7 Å². The van der Waals surface area contributed by atoms with Crippen molar-refractivity contribution in [2.75, 3.05) is 13.7 Å². The van der Waals surface area contributed by atoms with Crippen LogP contribution in [0, 0.1) is 0 Å². The number of benzene rings is 5. The van der Waals surface area contributed by atoms with Gasteiger partial charge in [0.15, 0.2) is 18.1 Å². The van der Waals surface area contributed by atoms with Crippen LogP contribution in [-0.2, 0) is 11.4 Å². The van der Waals surface area contributed by atoms with E-state index in [2.05, 4.69) is 34.8 Å². The normalized spacial score (nSPS) is 11.1. The highest BCUT2D eigenvalue weighted by Crippen LogP contribution is 2.29. The number of fused-ring (bicyclic) bond motifs is 2. The molecule has 0 saturated carbocycles. The number of rotatable bonds is 9. The SMILES string of the molecule is COc1cc(/C=N\NC(=O)COc2ccc3ccccc3c2)ccc1OCc1cccc2ccccc12. The Kier molecular flexibility index (Phi) is 7.27. The lowest BCUT2D eigenvalue weighted by Crippen LogP contribution is -2.24. The topological polar surface area (TPSA) is 69.2 Å². The molecule has 0 aliphatic rings. The highest BCUT2D eigenvalue weighted by atomic mass is 16.5. The fraction of sp³-hybridized carbons (Fsp3) is 0.0968. The summed E-state index contributed by atoms with van der Waals surface area (Å²) in [7, 11) is 1.59. The van der Waals surface area contributed by atoms with Gasteiger partial charge in [0.05, 0.1) is 13.3 Å². The van der Waals surface area contributed by atoms with E-state index in [0.717, 1.165) is 27.3 Å². The van der Waals surface area contributed by atoms with Gasteiger partial charge in [0, 0.05) is 0 Å². The number of methoxy groups -OCH3 is 1. The number of carbonyl (C=O) groups is 1. The summed E-state index contributed by atoms with van der Waals surface area (Å²) >= 11 is 0. The second-order valence-electron chi connectivity index (χ2n) is 8.43. The Morgan fingerprint density at radius 3 is 2.43 bits per heavy atom. The van der Waals surface area contributed by atoms with Crippen LogP contribution in [0.15, 0.2) is 108 Å². The third-order valence-electron chi connectivity index (χ3n) is 5.94. The molecule has 5 rings (SSSR count). The number of nitrogens with one attached hydrogen (secondary N) is 1. The van der Waals surface area contributed by atoms with Gasteiger partial charge in [-0.05, 0) is 63.0 Å². The highest BCUT2D eigenvalue weighted by molar-refractivity contribution is 5.86. The van der Waals surface area contributed by atoms with Crippen molar-refractivity contribution in [3.63, 3.8) is 0 Å². The maximum atomic E-state index is 12.2. The van der Waals surface area contributed by atoms with Gasteiger partial charge in [-0.2, -0.15) is 5.10 Å². The summed E-state index contributed by atoms with van der Waals surface area (Å²) < 4.78 is 17.2. The van der Waals surface area contributed by atoms with Crippen LogP contribution in [0.5, 0.6) is 17.2 Å². The zero-order valence-electron chi connectivity index (χ0n) is 20.4. The Morgan fingerprint density at radius 1 is 0.784 bits per heavy atom. The van der Waals surface area contributed by atoms with Gasteiger partial charge >= 0.3 is 0 Å². The lowest BCUT2D eigenvalue weighted by atomic mass is 10.1. The van der Waals surface area contributed by atoms with Crippen LogP contribution in [0.2, 0.25) is 0 Å². The summed E-state index contributed by atoms with van der Waals surface area (Å²) in [6, 6.07) is 33.6. The first-order chi connectivity index (χ1) is 18.2. The summed E-state index contributed by atoms with van der Waals surface area (Å²) in [6.45, 7) is 0.276. The molecule has 0 atom stereocenters. The van der Waals surface area contributed by atoms with E-state index >= 15 is 0 Å². The Hall–Kier alpha value is -4.84. The van der Waals surface area contributed by atoms with Gasteiger partial charge in [-0.25, -0.2) is 5.43 Å². The maximum absolute atomic E-state index is 12.2. The van der Waals surface area contributed by atoms with Crippen molar-refractivity contribution in [1.82, 2.24) is 5.43 Å². The van der Waals surface area contributed by atoms with Crippen LogP contribution in [0.25, 0.3) is 21.5 Å². The minimum absolute atomic E-state index is 0.139. The Morgan fingerprint density at radius 2 is 1.57 bits per heavy atom. The summed E-state index contributed by atoms with van der Waals surface area (Å²) in [6.07, 6.45) is 1.55. The van der Waals surface area contributed by atoms with Gasteiger partial charge in [0.25, 0.3) is 5.91 Å². The van der Waals surface area contributed by atoms with Gasteiger partial charge in [-0.1, -0.05) is 72.8 Å². The first kappa shape index (κ1) is 23.9. The van der Waals surface area contributed by atoms with Crippen LogP contribution in [0.3, 0.4) is 0 Å². The van der Waals surface area contributed by atoms with Gasteiger partial charge in [0.2, 0.25) is 0 Å². The molecule has 0 fully saturated rings. The van der Waals surface area contributed by atoms with Crippen molar-refractivity contribution in [2.24, 2.45) is 5.10 Å². The molecule has 0 spiro atoms. The Balaban J connectivity index is 1.16. The van der Waals surface area contributed by atoms with Gasteiger partial charge in [0.1, 0.15) is 12.4 Å². The molecular weight excluding hydrogens is 464 g/mol. The molecule has 0 saturated heterocycles. The molecule has 5 aromatic rings. The monoisotopic (exact) mass is 490 g/mol. The van der Waals surface area contributed by atoms with E-state index in [9.17, 15) is 4.79 Å². The average molecular weight is 491 g/mol. The second kappa shape index (κ2) is 11.3. The highest BCUT2D eigenvalue weighted by Gasteiger charge is 2.08. The predicted octanol–water partition coefficient (Wildman–Crippen LogP) is 6.11. The molecule has 0 aliphatic heterocycles. The smallest absolute Gasteiger partial charge is 0.277 e.